The lowest BCUT2D eigenvalue weighted by Crippen LogP contribution is -2.68. The molecule has 1 aliphatic rings. The third-order valence-electron chi connectivity index (χ3n) is 6.14. The van der Waals surface area contributed by atoms with Crippen LogP contribution in [0, 0.1) is 6.92 Å². The summed E-state index contributed by atoms with van der Waals surface area (Å²) in [6.07, 6.45) is -5.70. The summed E-state index contributed by atoms with van der Waals surface area (Å²) in [5, 5.41) is 11.3. The van der Waals surface area contributed by atoms with Crippen molar-refractivity contribution in [3.05, 3.63) is 53.1 Å². The van der Waals surface area contributed by atoms with E-state index in [0.29, 0.717) is 0 Å². The van der Waals surface area contributed by atoms with Crippen molar-refractivity contribution in [2.24, 2.45) is 21.3 Å². The zero-order chi connectivity index (χ0) is 32.1. The Morgan fingerprint density at radius 3 is 2.10 bits per heavy atom. The molecule has 0 radical (unpaired) electrons. The number of quaternary nitrogens is 1. The van der Waals surface area contributed by atoms with Gasteiger partial charge in [0.25, 0.3) is 12.2 Å². The summed E-state index contributed by atoms with van der Waals surface area (Å²) < 4.78 is 118. The van der Waals surface area contributed by atoms with E-state index in [2.05, 4.69) is 20.9 Å². The van der Waals surface area contributed by atoms with Crippen LogP contribution in [0.15, 0.2) is 51.9 Å². The summed E-state index contributed by atoms with van der Waals surface area (Å²) in [6.45, 7) is 4.25. The number of carbonyl (C=O) groups excluding carboxylic acids is 2. The molecule has 3 rings (SSSR count). The number of carbonyl (C=O) groups is 2. The fraction of sp³-hybridized carbons (Fsp3) is 0.375. The van der Waals surface area contributed by atoms with Crippen LogP contribution in [0.2, 0.25) is 0 Å². The van der Waals surface area contributed by atoms with Gasteiger partial charge in [0.2, 0.25) is 5.91 Å². The Hall–Kier alpha value is -3.93. The number of rotatable bonds is 9. The normalized spacial score (nSPS) is 17.9. The zero-order valence-corrected chi connectivity index (χ0v) is 23.1. The molecule has 0 fully saturated rings. The molecule has 228 valence electrons. The van der Waals surface area contributed by atoms with E-state index in [-0.39, 0.29) is 34.2 Å². The molecule has 1 atom stereocenters. The number of halogens is 7. The Bertz CT molecular complexity index is 1590. The van der Waals surface area contributed by atoms with Crippen molar-refractivity contribution in [1.29, 1.82) is 0 Å². The van der Waals surface area contributed by atoms with Crippen LogP contribution in [0.3, 0.4) is 0 Å². The topological polar surface area (TPSA) is 143 Å². The van der Waals surface area contributed by atoms with E-state index in [4.69, 9.17) is 5.73 Å². The van der Waals surface area contributed by atoms with Crippen LogP contribution in [0.1, 0.15) is 40.1 Å². The quantitative estimate of drug-likeness (QED) is 0.236. The lowest BCUT2D eigenvalue weighted by Gasteiger charge is -2.35. The largest absolute Gasteiger partial charge is 0.502 e. The van der Waals surface area contributed by atoms with Gasteiger partial charge in [-0.3, -0.25) is 9.59 Å². The molecule has 2 amide bonds. The third-order valence-corrected chi connectivity index (χ3v) is 7.39. The second-order valence-corrected chi connectivity index (χ2v) is 12.4. The highest BCUT2D eigenvalue weighted by Gasteiger charge is 2.84. The Balaban J connectivity index is 2.19. The maximum Gasteiger partial charge on any atom is 0.502 e. The third kappa shape index (κ3) is 5.85. The van der Waals surface area contributed by atoms with Gasteiger partial charge < -0.3 is 11.1 Å². The van der Waals surface area contributed by atoms with Gasteiger partial charge in [0.1, 0.15) is 9.84 Å². The molecule has 3 N–H and O–H groups in total. The van der Waals surface area contributed by atoms with Crippen LogP contribution in [-0.4, -0.2) is 62.3 Å². The number of hydrogen-bond donors (Lipinski definition) is 2. The van der Waals surface area contributed by atoms with Gasteiger partial charge in [0.15, 0.2) is 5.69 Å². The first-order chi connectivity index (χ1) is 19.0. The Morgan fingerprint density at radius 2 is 1.60 bits per heavy atom. The fourth-order valence-electron chi connectivity index (χ4n) is 4.31. The highest BCUT2D eigenvalue weighted by molar-refractivity contribution is 7.90. The minimum atomic E-state index is -6.67. The smallest absolute Gasteiger partial charge is 0.366 e. The molecule has 10 nitrogen and oxygen atoms in total. The Kier molecular flexibility index (Phi) is 8.08. The Labute approximate surface area is 234 Å². The van der Waals surface area contributed by atoms with Gasteiger partial charge in [-0.1, -0.05) is 17.2 Å². The van der Waals surface area contributed by atoms with Crippen molar-refractivity contribution in [2.45, 2.75) is 44.5 Å². The first kappa shape index (κ1) is 32.6. The summed E-state index contributed by atoms with van der Waals surface area (Å²) in [5.74, 6) is -9.04. The van der Waals surface area contributed by atoms with Gasteiger partial charge in [0.05, 0.1) is 22.1 Å². The maximum absolute atomic E-state index is 15.1. The lowest BCUT2D eigenvalue weighted by atomic mass is 9.94. The van der Waals surface area contributed by atoms with Gasteiger partial charge in [-0.2, -0.15) is 22.0 Å². The average molecular weight is 626 g/mol. The number of alkyl halides is 7. The lowest BCUT2D eigenvalue weighted by molar-refractivity contribution is -0.377. The van der Waals surface area contributed by atoms with Gasteiger partial charge in [-0.15, -0.1) is 8.78 Å². The van der Waals surface area contributed by atoms with Crippen molar-refractivity contribution in [3.8, 4) is 11.1 Å². The first-order valence-corrected chi connectivity index (χ1v) is 13.8. The van der Waals surface area contributed by atoms with Crippen LogP contribution in [0.4, 0.5) is 36.4 Å². The molecule has 0 saturated heterocycles. The van der Waals surface area contributed by atoms with E-state index in [1.165, 1.54) is 26.8 Å². The van der Waals surface area contributed by atoms with Crippen molar-refractivity contribution >= 4 is 33.7 Å². The number of aryl methyl sites for hydroxylation is 1. The Morgan fingerprint density at radius 1 is 0.976 bits per heavy atom. The minimum absolute atomic E-state index is 0.0209. The van der Waals surface area contributed by atoms with Gasteiger partial charge in [-0.05, 0) is 54.2 Å². The number of nitrogens with one attached hydrogen (secondary N) is 1. The summed E-state index contributed by atoms with van der Waals surface area (Å²) in [4.78, 5) is 25.2. The molecule has 0 aliphatic carbocycles. The van der Waals surface area contributed by atoms with Crippen LogP contribution in [0.25, 0.3) is 11.1 Å². The molecule has 42 heavy (non-hydrogen) atoms. The molecule has 2 aromatic carbocycles. The molecule has 0 saturated carbocycles. The maximum atomic E-state index is 15.1. The molecule has 0 aromatic heterocycles. The minimum Gasteiger partial charge on any atom is -0.366 e. The van der Waals surface area contributed by atoms with E-state index in [1.54, 1.807) is 0 Å². The second-order valence-electron chi connectivity index (χ2n) is 10.2. The number of hydrogen-bond acceptors (Lipinski definition) is 7. The van der Waals surface area contributed by atoms with Gasteiger partial charge in [0, 0.05) is 29.2 Å². The summed E-state index contributed by atoms with van der Waals surface area (Å²) in [5.41, 5.74) is 2.79. The molecule has 1 heterocycles. The number of nitrogens with zero attached hydrogens (tertiary/aromatic N) is 4. The van der Waals surface area contributed by atoms with Gasteiger partial charge in [-0.25, -0.2) is 8.42 Å². The predicted molar refractivity (Wildman–Crippen MR) is 137 cm³/mol. The number of nitrogens with two attached hydrogens (primary N) is 1. The van der Waals surface area contributed by atoms with E-state index in [1.807, 2.05) is 0 Å². The molecule has 18 heteroatoms. The standard InChI is InChI=1S/C24H23F7N6O4S/c1-13-5-7-15(37(12-33-35-36-37)24(30,31)22(25,26)23(27,28)29)10-17(13)14-6-8-16(19(32)38)18(9-14)20(39)34-21(2,3)11-42(4,40)41/h5-10,12H,11H2,1-4H3,(H2-,32,34,38,39)/p+1. The molecular weight excluding hydrogens is 601 g/mol. The molecule has 1 aliphatic heterocycles. The van der Waals surface area contributed by atoms with E-state index in [9.17, 15) is 40.0 Å². The van der Waals surface area contributed by atoms with Crippen molar-refractivity contribution in [2.75, 3.05) is 12.0 Å². The average Bonchev–Trinajstić information content (AvgIpc) is 3.33. The zero-order valence-electron chi connectivity index (χ0n) is 22.3. The van der Waals surface area contributed by atoms with Crippen molar-refractivity contribution < 1.29 is 48.7 Å². The molecular formula is C24H24F7N6O4S+. The SMILES string of the molecule is Cc1ccc([N+]2(C(F)(F)C(F)(F)C(F)(F)F)C=NN=N2)cc1-c1ccc(C(N)=O)c(C(=O)NC(C)(C)CS(C)(=O)=O)c1. The fourth-order valence-corrected chi connectivity index (χ4v) is 5.70. The monoisotopic (exact) mass is 625 g/mol. The highest BCUT2D eigenvalue weighted by atomic mass is 32.2. The van der Waals surface area contributed by atoms with Crippen LogP contribution in [-0.2, 0) is 9.84 Å². The number of amides is 2. The summed E-state index contributed by atoms with van der Waals surface area (Å²) >= 11 is 0. The van der Waals surface area contributed by atoms with E-state index in [0.717, 1.165) is 36.6 Å². The number of sulfone groups is 1. The molecule has 0 spiro atoms. The van der Waals surface area contributed by atoms with Crippen molar-refractivity contribution in [1.82, 2.24) is 9.91 Å². The predicted octanol–water partition coefficient (Wildman–Crippen LogP) is 4.74. The van der Waals surface area contributed by atoms with Crippen LogP contribution >= 0.6 is 0 Å². The highest BCUT2D eigenvalue weighted by Crippen LogP contribution is 2.53. The van der Waals surface area contributed by atoms with Crippen LogP contribution in [0.5, 0.6) is 0 Å². The second kappa shape index (κ2) is 10.4. The molecule has 1 unspecified atom stereocenters. The van der Waals surface area contributed by atoms with Crippen LogP contribution < -0.4 is 15.6 Å². The molecule has 2 aromatic rings. The molecule has 0 bridgehead atoms. The van der Waals surface area contributed by atoms with E-state index < -0.39 is 61.4 Å². The van der Waals surface area contributed by atoms with E-state index >= 15 is 8.78 Å². The van der Waals surface area contributed by atoms with Gasteiger partial charge >= 0.3 is 18.1 Å². The van der Waals surface area contributed by atoms with Crippen molar-refractivity contribution in [3.63, 3.8) is 0 Å². The summed E-state index contributed by atoms with van der Waals surface area (Å²) in [7, 11) is -3.56. The number of benzene rings is 2. The first-order valence-electron chi connectivity index (χ1n) is 11.7. The summed E-state index contributed by atoms with van der Waals surface area (Å²) in [6, 6.07) is 0.283. The number of primary amides is 1.